The van der Waals surface area contributed by atoms with Gasteiger partial charge in [-0.25, -0.2) is 4.79 Å². The predicted molar refractivity (Wildman–Crippen MR) is 92.3 cm³/mol. The average molecular weight is 332 g/mol. The summed E-state index contributed by atoms with van der Waals surface area (Å²) in [6.45, 7) is 6.94. The number of rotatable bonds is 1. The Kier molecular flexibility index (Phi) is 4.70. The van der Waals surface area contributed by atoms with Gasteiger partial charge in [0.25, 0.3) is 0 Å². The lowest BCUT2D eigenvalue weighted by atomic mass is 9.90. The van der Waals surface area contributed by atoms with Gasteiger partial charge in [0.1, 0.15) is 5.60 Å². The van der Waals surface area contributed by atoms with E-state index in [1.807, 2.05) is 25.7 Å². The van der Waals surface area contributed by atoms with Crippen molar-refractivity contribution in [1.82, 2.24) is 9.80 Å². The van der Waals surface area contributed by atoms with Gasteiger partial charge in [0.05, 0.1) is 0 Å². The van der Waals surface area contributed by atoms with Crippen molar-refractivity contribution in [3.8, 4) is 0 Å². The van der Waals surface area contributed by atoms with Crippen LogP contribution >= 0.6 is 0 Å². The molecule has 1 aliphatic carbocycles. The van der Waals surface area contributed by atoms with Crippen molar-refractivity contribution in [2.45, 2.75) is 70.9 Å². The minimum atomic E-state index is -0.469. The topological polar surface area (TPSA) is 49.9 Å². The van der Waals surface area contributed by atoms with Crippen molar-refractivity contribution >= 4 is 12.0 Å². The number of hydrogen-bond acceptors (Lipinski definition) is 3. The van der Waals surface area contributed by atoms with Crippen molar-refractivity contribution in [2.75, 3.05) is 13.1 Å². The Labute approximate surface area is 144 Å². The summed E-state index contributed by atoms with van der Waals surface area (Å²) in [5.41, 5.74) is 2.09. The Bertz CT molecular complexity index is 578. The Morgan fingerprint density at radius 1 is 1.17 bits per heavy atom. The molecule has 5 heteroatoms. The molecule has 1 saturated heterocycles. The molecule has 0 N–H and O–H groups in total. The van der Waals surface area contributed by atoms with E-state index in [1.165, 1.54) is 5.57 Å². The maximum absolute atomic E-state index is 12.5. The highest BCUT2D eigenvalue weighted by Crippen LogP contribution is 2.34. The van der Waals surface area contributed by atoms with Crippen molar-refractivity contribution in [1.29, 1.82) is 0 Å². The van der Waals surface area contributed by atoms with Crippen molar-refractivity contribution in [3.63, 3.8) is 0 Å². The maximum atomic E-state index is 12.5. The van der Waals surface area contributed by atoms with Gasteiger partial charge in [-0.05, 0) is 64.5 Å². The van der Waals surface area contributed by atoms with Gasteiger partial charge in [-0.1, -0.05) is 6.08 Å². The average Bonchev–Trinajstić information content (AvgIpc) is 2.53. The highest BCUT2D eigenvalue weighted by molar-refractivity contribution is 5.81. The third-order valence-electron chi connectivity index (χ3n) is 4.90. The third kappa shape index (κ3) is 3.65. The SMILES string of the molecule is CC(C)(C)OC(=O)N1CCC(N2C(=O)CCC3=C2C=CCC3)CC1. The summed E-state index contributed by atoms with van der Waals surface area (Å²) in [6, 6.07) is 0.198. The fraction of sp³-hybridized carbons (Fsp3) is 0.684. The van der Waals surface area contributed by atoms with E-state index in [1.54, 1.807) is 4.90 Å². The molecule has 0 aromatic carbocycles. The van der Waals surface area contributed by atoms with Crippen LogP contribution < -0.4 is 0 Å². The number of ether oxygens (including phenoxy) is 1. The molecular weight excluding hydrogens is 304 g/mol. The van der Waals surface area contributed by atoms with Gasteiger partial charge in [0.15, 0.2) is 0 Å². The van der Waals surface area contributed by atoms with Crippen LogP contribution in [0.2, 0.25) is 0 Å². The van der Waals surface area contributed by atoms with Crippen LogP contribution in [0, 0.1) is 0 Å². The number of nitrogens with zero attached hydrogens (tertiary/aromatic N) is 2. The molecule has 3 aliphatic rings. The van der Waals surface area contributed by atoms with Gasteiger partial charge in [0, 0.05) is 31.2 Å². The Hall–Kier alpha value is -1.78. The van der Waals surface area contributed by atoms with Gasteiger partial charge in [-0.15, -0.1) is 0 Å². The van der Waals surface area contributed by atoms with E-state index in [4.69, 9.17) is 4.74 Å². The van der Waals surface area contributed by atoms with Crippen LogP contribution in [0.5, 0.6) is 0 Å². The van der Waals surface area contributed by atoms with E-state index in [-0.39, 0.29) is 18.0 Å². The first-order valence-electron chi connectivity index (χ1n) is 9.04. The minimum absolute atomic E-state index is 0.198. The number of amides is 2. The molecule has 2 heterocycles. The standard InChI is InChI=1S/C19H28N2O3/c1-19(2,3)24-18(23)20-12-10-15(11-13-20)21-16-7-5-4-6-14(16)8-9-17(21)22/h5,7,15H,4,6,8-13H2,1-3H3. The summed E-state index contributed by atoms with van der Waals surface area (Å²) >= 11 is 0. The minimum Gasteiger partial charge on any atom is -0.444 e. The molecule has 0 aromatic rings. The maximum Gasteiger partial charge on any atom is 0.410 e. The molecule has 0 bridgehead atoms. The molecule has 0 atom stereocenters. The Balaban J connectivity index is 1.65. The van der Waals surface area contributed by atoms with Crippen LogP contribution in [0.25, 0.3) is 0 Å². The summed E-state index contributed by atoms with van der Waals surface area (Å²) in [6.07, 6.45) is 9.36. The molecule has 24 heavy (non-hydrogen) atoms. The largest absolute Gasteiger partial charge is 0.444 e. The van der Waals surface area contributed by atoms with E-state index in [0.717, 1.165) is 37.8 Å². The second-order valence-electron chi connectivity index (χ2n) is 7.89. The molecule has 3 rings (SSSR count). The number of carbonyl (C=O) groups is 2. The summed E-state index contributed by atoms with van der Waals surface area (Å²) in [4.78, 5) is 28.5. The van der Waals surface area contributed by atoms with Gasteiger partial charge in [0.2, 0.25) is 5.91 Å². The zero-order valence-corrected chi connectivity index (χ0v) is 15.0. The van der Waals surface area contributed by atoms with Crippen molar-refractivity contribution < 1.29 is 14.3 Å². The lowest BCUT2D eigenvalue weighted by Crippen LogP contribution is -2.50. The second kappa shape index (κ2) is 6.61. The summed E-state index contributed by atoms with van der Waals surface area (Å²) in [7, 11) is 0. The first-order chi connectivity index (χ1) is 11.3. The number of piperidine rings is 1. The van der Waals surface area contributed by atoms with Gasteiger partial charge >= 0.3 is 6.09 Å². The number of hydrogen-bond donors (Lipinski definition) is 0. The second-order valence-corrected chi connectivity index (χ2v) is 7.89. The van der Waals surface area contributed by atoms with E-state index >= 15 is 0 Å². The predicted octanol–water partition coefficient (Wildman–Crippen LogP) is 3.61. The van der Waals surface area contributed by atoms with Gasteiger partial charge in [-0.2, -0.15) is 0 Å². The number of likely N-dealkylation sites (tertiary alicyclic amines) is 1. The van der Waals surface area contributed by atoms with Gasteiger partial charge < -0.3 is 14.5 Å². The van der Waals surface area contributed by atoms with E-state index < -0.39 is 5.60 Å². The zero-order chi connectivity index (χ0) is 17.3. The van der Waals surface area contributed by atoms with E-state index in [9.17, 15) is 9.59 Å². The number of allylic oxidation sites excluding steroid dienone is 3. The molecule has 0 aromatic heterocycles. The van der Waals surface area contributed by atoms with Gasteiger partial charge in [-0.3, -0.25) is 4.79 Å². The smallest absolute Gasteiger partial charge is 0.410 e. The first kappa shape index (κ1) is 17.1. The molecule has 2 amide bonds. The third-order valence-corrected chi connectivity index (χ3v) is 4.90. The van der Waals surface area contributed by atoms with Crippen LogP contribution in [0.4, 0.5) is 4.79 Å². The highest BCUT2D eigenvalue weighted by Gasteiger charge is 2.35. The van der Waals surface area contributed by atoms with Crippen LogP contribution in [-0.4, -0.2) is 46.5 Å². The van der Waals surface area contributed by atoms with Crippen molar-refractivity contribution in [2.24, 2.45) is 0 Å². The van der Waals surface area contributed by atoms with Crippen molar-refractivity contribution in [3.05, 3.63) is 23.4 Å². The molecule has 0 spiro atoms. The van der Waals surface area contributed by atoms with E-state index in [0.29, 0.717) is 19.5 Å². The normalized spacial score (nSPS) is 22.7. The molecule has 0 saturated carbocycles. The van der Waals surface area contributed by atoms with Crippen LogP contribution in [0.3, 0.4) is 0 Å². The quantitative estimate of drug-likeness (QED) is 0.737. The first-order valence-corrected chi connectivity index (χ1v) is 9.04. The number of carbonyl (C=O) groups excluding carboxylic acids is 2. The summed E-state index contributed by atoms with van der Waals surface area (Å²) in [5, 5.41) is 0. The zero-order valence-electron chi connectivity index (χ0n) is 15.0. The fourth-order valence-corrected chi connectivity index (χ4v) is 3.75. The highest BCUT2D eigenvalue weighted by atomic mass is 16.6. The van der Waals surface area contributed by atoms with Crippen LogP contribution in [-0.2, 0) is 9.53 Å². The molecule has 2 aliphatic heterocycles. The van der Waals surface area contributed by atoms with E-state index in [2.05, 4.69) is 12.2 Å². The lowest BCUT2D eigenvalue weighted by Gasteiger charge is -2.42. The Morgan fingerprint density at radius 3 is 2.54 bits per heavy atom. The fourth-order valence-electron chi connectivity index (χ4n) is 3.75. The molecule has 0 unspecified atom stereocenters. The monoisotopic (exact) mass is 332 g/mol. The lowest BCUT2D eigenvalue weighted by molar-refractivity contribution is -0.132. The van der Waals surface area contributed by atoms with Crippen LogP contribution in [0.15, 0.2) is 23.4 Å². The molecule has 5 nitrogen and oxygen atoms in total. The summed E-state index contributed by atoms with van der Waals surface area (Å²) < 4.78 is 5.45. The molecule has 132 valence electrons. The van der Waals surface area contributed by atoms with Crippen LogP contribution in [0.1, 0.15) is 59.3 Å². The molecule has 1 fully saturated rings. The molecule has 0 radical (unpaired) electrons. The Morgan fingerprint density at radius 2 is 1.88 bits per heavy atom. The molecular formula is C19H28N2O3. The summed E-state index contributed by atoms with van der Waals surface area (Å²) in [5.74, 6) is 0.232.